The second-order valence-corrected chi connectivity index (χ2v) is 6.37. The Kier molecular flexibility index (Phi) is 5.99. The topological polar surface area (TPSA) is 73.6 Å². The summed E-state index contributed by atoms with van der Waals surface area (Å²) >= 11 is 0. The van der Waals surface area contributed by atoms with Crippen LogP contribution in [0.1, 0.15) is 38.2 Å². The Morgan fingerprint density at radius 2 is 2.21 bits per heavy atom. The summed E-state index contributed by atoms with van der Waals surface area (Å²) < 4.78 is 34.6. The average Bonchev–Trinajstić information content (AvgIpc) is 2.52. The predicted molar refractivity (Wildman–Crippen MR) is 86.0 cm³/mol. The van der Waals surface area contributed by atoms with E-state index in [9.17, 15) is 13.6 Å². The first-order chi connectivity index (χ1) is 11.3. The van der Waals surface area contributed by atoms with Gasteiger partial charge in [-0.3, -0.25) is 4.79 Å². The van der Waals surface area contributed by atoms with Crippen molar-refractivity contribution < 1.29 is 23.0 Å². The molecule has 0 radical (unpaired) electrons. The number of hydrogen-bond donors (Lipinski definition) is 2. The van der Waals surface area contributed by atoms with E-state index in [4.69, 9.17) is 10.5 Å². The molecule has 1 aliphatic rings. The summed E-state index contributed by atoms with van der Waals surface area (Å²) in [5.41, 5.74) is 6.11. The number of nitrogens with two attached hydrogens (primary N) is 1. The zero-order chi connectivity index (χ0) is 17.7. The van der Waals surface area contributed by atoms with E-state index in [0.717, 1.165) is 25.7 Å². The van der Waals surface area contributed by atoms with Crippen molar-refractivity contribution in [2.45, 2.75) is 51.3 Å². The maximum Gasteiger partial charge on any atom is 0.387 e. The highest BCUT2D eigenvalue weighted by molar-refractivity contribution is 5.80. The molecule has 134 valence electrons. The molecule has 2 atom stereocenters. The average molecular weight is 342 g/mol. The molecule has 1 amide bonds. The van der Waals surface area contributed by atoms with Crippen molar-refractivity contribution in [3.05, 3.63) is 23.8 Å². The maximum atomic E-state index is 12.5. The zero-order valence-corrected chi connectivity index (χ0v) is 14.0. The van der Waals surface area contributed by atoms with Crippen molar-refractivity contribution in [2.24, 2.45) is 11.7 Å². The van der Waals surface area contributed by atoms with E-state index in [1.165, 1.54) is 19.2 Å². The first-order valence-corrected chi connectivity index (χ1v) is 8.02. The summed E-state index contributed by atoms with van der Waals surface area (Å²) in [6.45, 7) is -0.976. The van der Waals surface area contributed by atoms with Crippen molar-refractivity contribution in [1.82, 2.24) is 5.32 Å². The third-order valence-corrected chi connectivity index (χ3v) is 4.51. The van der Waals surface area contributed by atoms with Gasteiger partial charge in [0.15, 0.2) is 0 Å². The molecule has 7 heteroatoms. The SMILES string of the molecule is COc1ccc(OC(F)F)c(CNC(=O)C2CCCCC2(C)N)c1. The molecular weight excluding hydrogens is 318 g/mol. The van der Waals surface area contributed by atoms with Crippen LogP contribution in [0.4, 0.5) is 8.78 Å². The number of carbonyl (C=O) groups is 1. The Morgan fingerprint density at radius 3 is 2.83 bits per heavy atom. The van der Waals surface area contributed by atoms with Crippen LogP contribution in [0.3, 0.4) is 0 Å². The fraction of sp³-hybridized carbons (Fsp3) is 0.588. The monoisotopic (exact) mass is 342 g/mol. The van der Waals surface area contributed by atoms with E-state index in [1.54, 1.807) is 6.07 Å². The van der Waals surface area contributed by atoms with Gasteiger partial charge in [-0.1, -0.05) is 12.8 Å². The molecule has 0 aromatic heterocycles. The smallest absolute Gasteiger partial charge is 0.387 e. The molecule has 1 fully saturated rings. The molecule has 0 bridgehead atoms. The van der Waals surface area contributed by atoms with Gasteiger partial charge in [-0.15, -0.1) is 0 Å². The van der Waals surface area contributed by atoms with Crippen molar-refractivity contribution in [3.63, 3.8) is 0 Å². The van der Waals surface area contributed by atoms with E-state index in [-0.39, 0.29) is 24.1 Å². The fourth-order valence-electron chi connectivity index (χ4n) is 3.13. The van der Waals surface area contributed by atoms with Gasteiger partial charge in [0.05, 0.1) is 13.0 Å². The molecule has 24 heavy (non-hydrogen) atoms. The predicted octanol–water partition coefficient (Wildman–Crippen LogP) is 2.82. The van der Waals surface area contributed by atoms with Gasteiger partial charge in [0.2, 0.25) is 5.91 Å². The Labute approximate surface area is 140 Å². The Morgan fingerprint density at radius 1 is 1.46 bits per heavy atom. The Balaban J connectivity index is 2.08. The quantitative estimate of drug-likeness (QED) is 0.834. The van der Waals surface area contributed by atoms with Gasteiger partial charge in [-0.25, -0.2) is 0 Å². The minimum atomic E-state index is -2.93. The third kappa shape index (κ3) is 4.56. The normalized spacial score (nSPS) is 23.8. The third-order valence-electron chi connectivity index (χ3n) is 4.51. The molecule has 2 unspecified atom stereocenters. The van der Waals surface area contributed by atoms with Crippen LogP contribution >= 0.6 is 0 Å². The molecule has 0 spiro atoms. The standard InChI is InChI=1S/C17H24F2N2O3/c1-17(20)8-4-3-5-13(17)15(22)21-10-11-9-12(23-2)6-7-14(11)24-16(18)19/h6-7,9,13,16H,3-5,8,10,20H2,1-2H3,(H,21,22). The highest BCUT2D eigenvalue weighted by atomic mass is 19.3. The Bertz CT molecular complexity index is 579. The number of amides is 1. The molecule has 1 aromatic rings. The second kappa shape index (κ2) is 7.79. The summed E-state index contributed by atoms with van der Waals surface area (Å²) in [6.07, 6.45) is 3.50. The van der Waals surface area contributed by atoms with Gasteiger partial charge in [0, 0.05) is 17.6 Å². The number of halogens is 2. The molecule has 5 nitrogen and oxygen atoms in total. The zero-order valence-electron chi connectivity index (χ0n) is 14.0. The molecule has 2 rings (SSSR count). The number of methoxy groups -OCH3 is 1. The highest BCUT2D eigenvalue weighted by Crippen LogP contribution is 2.32. The second-order valence-electron chi connectivity index (χ2n) is 6.37. The van der Waals surface area contributed by atoms with Crippen LogP contribution in [-0.2, 0) is 11.3 Å². The van der Waals surface area contributed by atoms with Gasteiger partial charge < -0.3 is 20.5 Å². The summed E-state index contributed by atoms with van der Waals surface area (Å²) in [5.74, 6) is 0.0780. The lowest BCUT2D eigenvalue weighted by Gasteiger charge is -2.37. The maximum absolute atomic E-state index is 12.5. The molecule has 1 aliphatic carbocycles. The molecule has 0 heterocycles. The molecular formula is C17H24F2N2O3. The number of benzene rings is 1. The lowest BCUT2D eigenvalue weighted by atomic mass is 9.74. The molecule has 0 saturated heterocycles. The van der Waals surface area contributed by atoms with Crippen molar-refractivity contribution in [3.8, 4) is 11.5 Å². The number of rotatable bonds is 6. The van der Waals surface area contributed by atoms with Gasteiger partial charge in [0.1, 0.15) is 11.5 Å². The first kappa shape index (κ1) is 18.4. The molecule has 3 N–H and O–H groups in total. The summed E-state index contributed by atoms with van der Waals surface area (Å²) in [4.78, 5) is 12.5. The van der Waals surface area contributed by atoms with E-state index in [2.05, 4.69) is 10.1 Å². The number of hydrogen-bond acceptors (Lipinski definition) is 4. The van der Waals surface area contributed by atoms with Gasteiger partial charge >= 0.3 is 6.61 Å². The number of ether oxygens (including phenoxy) is 2. The van der Waals surface area contributed by atoms with E-state index in [1.807, 2.05) is 6.92 Å². The van der Waals surface area contributed by atoms with Crippen LogP contribution in [0.2, 0.25) is 0 Å². The largest absolute Gasteiger partial charge is 0.497 e. The molecule has 1 saturated carbocycles. The van der Waals surface area contributed by atoms with E-state index < -0.39 is 12.2 Å². The van der Waals surface area contributed by atoms with Crippen molar-refractivity contribution in [2.75, 3.05) is 7.11 Å². The van der Waals surface area contributed by atoms with Crippen LogP contribution < -0.4 is 20.5 Å². The van der Waals surface area contributed by atoms with Gasteiger partial charge in [0.25, 0.3) is 0 Å². The molecule has 0 aliphatic heterocycles. The van der Waals surface area contributed by atoms with Crippen LogP contribution in [0, 0.1) is 5.92 Å². The summed E-state index contributed by atoms with van der Waals surface area (Å²) in [7, 11) is 1.48. The van der Waals surface area contributed by atoms with E-state index in [0.29, 0.717) is 11.3 Å². The number of nitrogens with one attached hydrogen (secondary N) is 1. The first-order valence-electron chi connectivity index (χ1n) is 8.02. The fourth-order valence-corrected chi connectivity index (χ4v) is 3.13. The summed E-state index contributed by atoms with van der Waals surface area (Å²) in [5, 5.41) is 2.79. The van der Waals surface area contributed by atoms with Crippen LogP contribution in [0.15, 0.2) is 18.2 Å². The van der Waals surface area contributed by atoms with Crippen LogP contribution in [-0.4, -0.2) is 25.2 Å². The molecule has 1 aromatic carbocycles. The minimum Gasteiger partial charge on any atom is -0.497 e. The van der Waals surface area contributed by atoms with E-state index >= 15 is 0 Å². The van der Waals surface area contributed by atoms with Gasteiger partial charge in [-0.05, 0) is 38.0 Å². The van der Waals surface area contributed by atoms with Crippen LogP contribution in [0.25, 0.3) is 0 Å². The summed E-state index contributed by atoms with van der Waals surface area (Å²) in [6, 6.07) is 4.50. The van der Waals surface area contributed by atoms with Gasteiger partial charge in [-0.2, -0.15) is 8.78 Å². The van der Waals surface area contributed by atoms with Crippen LogP contribution in [0.5, 0.6) is 11.5 Å². The Hall–Kier alpha value is -1.89. The lowest BCUT2D eigenvalue weighted by Crippen LogP contribution is -2.52. The van der Waals surface area contributed by atoms with Crippen molar-refractivity contribution >= 4 is 5.91 Å². The minimum absolute atomic E-state index is 0.0188. The lowest BCUT2D eigenvalue weighted by molar-refractivity contribution is -0.128. The number of alkyl halides is 2. The number of carbonyl (C=O) groups excluding carboxylic acids is 1. The highest BCUT2D eigenvalue weighted by Gasteiger charge is 2.37. The van der Waals surface area contributed by atoms with Crippen molar-refractivity contribution in [1.29, 1.82) is 0 Å².